The second-order valence-corrected chi connectivity index (χ2v) is 5.16. The topological polar surface area (TPSA) is 9.23 Å². The predicted octanol–water partition coefficient (Wildman–Crippen LogP) is 4.95. The standard InChI is InChI=1S/C15H15BrO/c1-11(2)7-8-17-15-6-4-12-9-14(16)5-3-13(12)10-15/h3-7,9-10H,8H2,1-2H3. The van der Waals surface area contributed by atoms with Crippen LogP contribution in [-0.2, 0) is 0 Å². The van der Waals surface area contributed by atoms with Crippen LogP contribution < -0.4 is 4.74 Å². The number of halogens is 1. The highest BCUT2D eigenvalue weighted by atomic mass is 79.9. The van der Waals surface area contributed by atoms with Crippen LogP contribution in [0.5, 0.6) is 5.75 Å². The molecule has 2 aromatic carbocycles. The van der Waals surface area contributed by atoms with E-state index in [1.54, 1.807) is 0 Å². The van der Waals surface area contributed by atoms with Crippen molar-refractivity contribution >= 4 is 26.7 Å². The van der Waals surface area contributed by atoms with Crippen molar-refractivity contribution in [3.63, 3.8) is 0 Å². The van der Waals surface area contributed by atoms with Crippen molar-refractivity contribution in [2.75, 3.05) is 6.61 Å². The summed E-state index contributed by atoms with van der Waals surface area (Å²) in [6, 6.07) is 12.4. The number of benzene rings is 2. The number of allylic oxidation sites excluding steroid dienone is 1. The first kappa shape index (κ1) is 12.2. The molecule has 0 atom stereocenters. The highest BCUT2D eigenvalue weighted by Crippen LogP contribution is 2.24. The minimum absolute atomic E-state index is 0.629. The average molecular weight is 291 g/mol. The Morgan fingerprint density at radius 3 is 2.59 bits per heavy atom. The van der Waals surface area contributed by atoms with Gasteiger partial charge in [-0.15, -0.1) is 0 Å². The number of ether oxygens (including phenoxy) is 1. The molecule has 0 aromatic heterocycles. The van der Waals surface area contributed by atoms with Crippen LogP contribution in [0.3, 0.4) is 0 Å². The average Bonchev–Trinajstić information content (AvgIpc) is 2.29. The quantitative estimate of drug-likeness (QED) is 0.727. The zero-order valence-electron chi connectivity index (χ0n) is 10.0. The predicted molar refractivity (Wildman–Crippen MR) is 76.6 cm³/mol. The number of rotatable bonds is 3. The summed E-state index contributed by atoms with van der Waals surface area (Å²) >= 11 is 3.47. The number of hydrogen-bond donors (Lipinski definition) is 0. The van der Waals surface area contributed by atoms with Crippen molar-refractivity contribution in [1.82, 2.24) is 0 Å². The first-order chi connectivity index (χ1) is 8.15. The summed E-state index contributed by atoms with van der Waals surface area (Å²) < 4.78 is 6.77. The van der Waals surface area contributed by atoms with Gasteiger partial charge in [-0.1, -0.05) is 33.6 Å². The van der Waals surface area contributed by atoms with E-state index in [9.17, 15) is 0 Å². The summed E-state index contributed by atoms with van der Waals surface area (Å²) in [6.45, 7) is 4.77. The Bertz CT molecular complexity index is 554. The Morgan fingerprint density at radius 1 is 1.12 bits per heavy atom. The van der Waals surface area contributed by atoms with Crippen LogP contribution in [-0.4, -0.2) is 6.61 Å². The van der Waals surface area contributed by atoms with Gasteiger partial charge >= 0.3 is 0 Å². The second-order valence-electron chi connectivity index (χ2n) is 4.25. The molecular formula is C15H15BrO. The van der Waals surface area contributed by atoms with Crippen LogP contribution in [0.2, 0.25) is 0 Å². The molecule has 0 N–H and O–H groups in total. The van der Waals surface area contributed by atoms with Crippen molar-refractivity contribution in [3.8, 4) is 5.75 Å². The van der Waals surface area contributed by atoms with Gasteiger partial charge in [-0.3, -0.25) is 0 Å². The molecule has 88 valence electrons. The van der Waals surface area contributed by atoms with Crippen LogP contribution in [0.4, 0.5) is 0 Å². The van der Waals surface area contributed by atoms with Gasteiger partial charge in [0.1, 0.15) is 12.4 Å². The molecule has 2 aromatic rings. The largest absolute Gasteiger partial charge is 0.490 e. The highest BCUT2D eigenvalue weighted by Gasteiger charge is 1.97. The third-order valence-electron chi connectivity index (χ3n) is 2.52. The lowest BCUT2D eigenvalue weighted by atomic mass is 10.1. The maximum Gasteiger partial charge on any atom is 0.120 e. The molecule has 0 aliphatic carbocycles. The Balaban J connectivity index is 2.20. The van der Waals surface area contributed by atoms with Gasteiger partial charge in [-0.25, -0.2) is 0 Å². The zero-order chi connectivity index (χ0) is 12.3. The van der Waals surface area contributed by atoms with Crippen molar-refractivity contribution in [1.29, 1.82) is 0 Å². The van der Waals surface area contributed by atoms with E-state index in [-0.39, 0.29) is 0 Å². The van der Waals surface area contributed by atoms with Gasteiger partial charge in [0.05, 0.1) is 0 Å². The first-order valence-electron chi connectivity index (χ1n) is 5.60. The van der Waals surface area contributed by atoms with Gasteiger partial charge in [0.25, 0.3) is 0 Å². The fourth-order valence-corrected chi connectivity index (χ4v) is 1.97. The van der Waals surface area contributed by atoms with Gasteiger partial charge < -0.3 is 4.74 Å². The zero-order valence-corrected chi connectivity index (χ0v) is 11.6. The van der Waals surface area contributed by atoms with Crippen LogP contribution >= 0.6 is 15.9 Å². The molecule has 0 fully saturated rings. The molecule has 17 heavy (non-hydrogen) atoms. The lowest BCUT2D eigenvalue weighted by molar-refractivity contribution is 0.362. The smallest absolute Gasteiger partial charge is 0.120 e. The minimum Gasteiger partial charge on any atom is -0.490 e. The maximum atomic E-state index is 5.67. The summed E-state index contributed by atoms with van der Waals surface area (Å²) in [6.07, 6.45) is 2.08. The molecule has 2 rings (SSSR count). The Hall–Kier alpha value is -1.28. The molecular weight excluding hydrogens is 276 g/mol. The van der Waals surface area contributed by atoms with Gasteiger partial charge in [-0.05, 0) is 55.0 Å². The van der Waals surface area contributed by atoms with Crippen molar-refractivity contribution < 1.29 is 4.74 Å². The summed E-state index contributed by atoms with van der Waals surface area (Å²) in [5.41, 5.74) is 1.27. The molecule has 0 aliphatic heterocycles. The fourth-order valence-electron chi connectivity index (χ4n) is 1.59. The second kappa shape index (κ2) is 5.37. The van der Waals surface area contributed by atoms with Crippen LogP contribution in [0.25, 0.3) is 10.8 Å². The normalized spacial score (nSPS) is 10.3. The van der Waals surface area contributed by atoms with Gasteiger partial charge in [0, 0.05) is 4.47 Å². The van der Waals surface area contributed by atoms with Crippen molar-refractivity contribution in [2.45, 2.75) is 13.8 Å². The molecule has 0 radical (unpaired) electrons. The molecule has 0 amide bonds. The third-order valence-corrected chi connectivity index (χ3v) is 3.01. The fraction of sp³-hybridized carbons (Fsp3) is 0.200. The van der Waals surface area contributed by atoms with E-state index >= 15 is 0 Å². The molecule has 0 saturated carbocycles. The van der Waals surface area contributed by atoms with Crippen molar-refractivity contribution in [3.05, 3.63) is 52.5 Å². The van der Waals surface area contributed by atoms with Gasteiger partial charge in [0.2, 0.25) is 0 Å². The summed E-state index contributed by atoms with van der Waals surface area (Å²) in [5, 5.41) is 2.41. The lowest BCUT2D eigenvalue weighted by Crippen LogP contribution is -1.93. The maximum absolute atomic E-state index is 5.67. The Morgan fingerprint density at radius 2 is 1.82 bits per heavy atom. The van der Waals surface area contributed by atoms with E-state index < -0.39 is 0 Å². The van der Waals surface area contributed by atoms with E-state index in [2.05, 4.69) is 60.1 Å². The number of hydrogen-bond acceptors (Lipinski definition) is 1. The van der Waals surface area contributed by atoms with Crippen LogP contribution in [0.1, 0.15) is 13.8 Å². The lowest BCUT2D eigenvalue weighted by Gasteiger charge is -2.05. The molecule has 0 saturated heterocycles. The van der Waals surface area contributed by atoms with E-state index in [1.807, 2.05) is 12.1 Å². The molecule has 0 spiro atoms. The number of fused-ring (bicyclic) bond motifs is 1. The Kier molecular flexibility index (Phi) is 3.85. The first-order valence-corrected chi connectivity index (χ1v) is 6.40. The summed E-state index contributed by atoms with van der Waals surface area (Å²) in [5.74, 6) is 0.914. The van der Waals surface area contributed by atoms with E-state index in [0.29, 0.717) is 6.61 Å². The highest BCUT2D eigenvalue weighted by molar-refractivity contribution is 9.10. The molecule has 0 unspecified atom stereocenters. The SMILES string of the molecule is CC(C)=CCOc1ccc2cc(Br)ccc2c1. The van der Waals surface area contributed by atoms with E-state index in [1.165, 1.54) is 16.3 Å². The van der Waals surface area contributed by atoms with Crippen LogP contribution in [0, 0.1) is 0 Å². The van der Waals surface area contributed by atoms with E-state index in [0.717, 1.165) is 10.2 Å². The van der Waals surface area contributed by atoms with Crippen LogP contribution in [0.15, 0.2) is 52.5 Å². The van der Waals surface area contributed by atoms with E-state index in [4.69, 9.17) is 4.74 Å². The summed E-state index contributed by atoms with van der Waals surface area (Å²) in [7, 11) is 0. The molecule has 0 aliphatic rings. The molecule has 0 heterocycles. The van der Waals surface area contributed by atoms with Gasteiger partial charge in [0.15, 0.2) is 0 Å². The minimum atomic E-state index is 0.629. The molecule has 1 nitrogen and oxygen atoms in total. The summed E-state index contributed by atoms with van der Waals surface area (Å²) in [4.78, 5) is 0. The Labute approximate surface area is 110 Å². The monoisotopic (exact) mass is 290 g/mol. The molecule has 0 bridgehead atoms. The molecule has 2 heteroatoms. The van der Waals surface area contributed by atoms with Gasteiger partial charge in [-0.2, -0.15) is 0 Å². The van der Waals surface area contributed by atoms with Crippen molar-refractivity contribution in [2.24, 2.45) is 0 Å². The third kappa shape index (κ3) is 3.34.